The number of nitrogens with one attached hydrogen (secondary N) is 3. The topological polar surface area (TPSA) is 102 Å². The summed E-state index contributed by atoms with van der Waals surface area (Å²) in [6.45, 7) is 0.104. The number of fused-ring (bicyclic) bond motifs is 4. The first-order chi connectivity index (χ1) is 16.6. The van der Waals surface area contributed by atoms with E-state index in [0.717, 1.165) is 16.9 Å². The predicted molar refractivity (Wildman–Crippen MR) is 120 cm³/mol. The third-order valence-electron chi connectivity index (χ3n) is 6.35. The molecule has 3 aliphatic rings. The van der Waals surface area contributed by atoms with Crippen molar-refractivity contribution < 1.29 is 23.5 Å². The van der Waals surface area contributed by atoms with E-state index in [4.69, 9.17) is 9.47 Å². The van der Waals surface area contributed by atoms with Crippen LogP contribution in [0.2, 0.25) is 0 Å². The first-order valence-electron chi connectivity index (χ1n) is 11.1. The van der Waals surface area contributed by atoms with Crippen LogP contribution in [0.1, 0.15) is 29.0 Å². The maximum atomic E-state index is 13.7. The van der Waals surface area contributed by atoms with Gasteiger partial charge in [-0.3, -0.25) is 4.79 Å². The number of urea groups is 1. The lowest BCUT2D eigenvalue weighted by molar-refractivity contribution is -0.116. The Kier molecular flexibility index (Phi) is 4.83. The fourth-order valence-electron chi connectivity index (χ4n) is 4.58. The lowest BCUT2D eigenvalue weighted by atomic mass is 10.1. The number of anilines is 1. The SMILES string of the molecule is O=C1CCc2c(Oc3ccc4c(c3)[C@H]3[C@H](NC(=O)NCc5ccccc5F)[C@H]3O4)ccnc2N1. The summed E-state index contributed by atoms with van der Waals surface area (Å²) in [7, 11) is 0. The van der Waals surface area contributed by atoms with Crippen molar-refractivity contribution in [2.24, 2.45) is 0 Å². The lowest BCUT2D eigenvalue weighted by Gasteiger charge is -2.19. The number of ether oxygens (including phenoxy) is 2. The van der Waals surface area contributed by atoms with Crippen molar-refractivity contribution in [2.45, 2.75) is 37.5 Å². The van der Waals surface area contributed by atoms with Gasteiger partial charge in [-0.1, -0.05) is 18.2 Å². The monoisotopic (exact) mass is 460 g/mol. The summed E-state index contributed by atoms with van der Waals surface area (Å²) in [5, 5.41) is 8.38. The Morgan fingerprint density at radius 3 is 2.97 bits per heavy atom. The fourth-order valence-corrected chi connectivity index (χ4v) is 4.58. The van der Waals surface area contributed by atoms with Crippen molar-refractivity contribution in [3.8, 4) is 17.2 Å². The smallest absolute Gasteiger partial charge is 0.315 e. The van der Waals surface area contributed by atoms with Crippen molar-refractivity contribution in [1.82, 2.24) is 15.6 Å². The first-order valence-corrected chi connectivity index (χ1v) is 11.1. The molecule has 3 atom stereocenters. The summed E-state index contributed by atoms with van der Waals surface area (Å²) in [5.41, 5.74) is 2.27. The van der Waals surface area contributed by atoms with Gasteiger partial charge in [0.25, 0.3) is 0 Å². The van der Waals surface area contributed by atoms with Crippen LogP contribution in [0.25, 0.3) is 0 Å². The predicted octanol–water partition coefficient (Wildman–Crippen LogP) is 3.62. The molecule has 0 spiro atoms. The molecule has 0 radical (unpaired) electrons. The molecule has 3 aromatic rings. The van der Waals surface area contributed by atoms with Gasteiger partial charge in [0.2, 0.25) is 5.91 Å². The number of amides is 3. The van der Waals surface area contributed by atoms with Crippen LogP contribution in [0, 0.1) is 5.82 Å². The van der Waals surface area contributed by atoms with E-state index >= 15 is 0 Å². The molecule has 1 aromatic heterocycles. The molecule has 8 nitrogen and oxygen atoms in total. The van der Waals surface area contributed by atoms with Crippen LogP contribution in [0.5, 0.6) is 17.2 Å². The summed E-state index contributed by atoms with van der Waals surface area (Å²) < 4.78 is 25.9. The van der Waals surface area contributed by atoms with Crippen LogP contribution >= 0.6 is 0 Å². The average Bonchev–Trinajstić information content (AvgIpc) is 3.34. The van der Waals surface area contributed by atoms with E-state index in [0.29, 0.717) is 35.7 Å². The molecule has 3 heterocycles. The number of hydrogen-bond acceptors (Lipinski definition) is 5. The standard InChI is InChI=1S/C25H21FN4O4/c26-17-4-2-1-3-13(17)12-28-25(32)30-22-21-16-11-14(5-7-18(16)34-23(21)22)33-19-9-10-27-24-15(19)6-8-20(31)29-24/h1-5,7,9-11,21-23H,6,8,12H2,(H,27,29,31)(H2,28,30,32)/t21-,22-,23-/m0/s1. The number of hydrogen-bond donors (Lipinski definition) is 3. The highest BCUT2D eigenvalue weighted by Gasteiger charge is 2.59. The molecule has 172 valence electrons. The highest BCUT2D eigenvalue weighted by Crippen LogP contribution is 2.54. The molecular weight excluding hydrogens is 439 g/mol. The van der Waals surface area contributed by atoms with Gasteiger partial charge in [0, 0.05) is 35.9 Å². The molecule has 34 heavy (non-hydrogen) atoms. The number of carbonyl (C=O) groups excluding carboxylic acids is 2. The molecule has 0 unspecified atom stereocenters. The molecule has 1 fully saturated rings. The maximum absolute atomic E-state index is 13.7. The molecule has 9 heteroatoms. The van der Waals surface area contributed by atoms with E-state index in [2.05, 4.69) is 20.9 Å². The van der Waals surface area contributed by atoms with Crippen LogP contribution in [0.3, 0.4) is 0 Å². The number of halogens is 1. The van der Waals surface area contributed by atoms with Crippen molar-refractivity contribution in [3.05, 3.63) is 77.2 Å². The van der Waals surface area contributed by atoms with E-state index in [1.165, 1.54) is 6.07 Å². The second-order valence-corrected chi connectivity index (χ2v) is 8.54. The second-order valence-electron chi connectivity index (χ2n) is 8.54. The molecule has 1 aliphatic carbocycles. The molecule has 2 aliphatic heterocycles. The number of benzene rings is 2. The Labute approximate surface area is 194 Å². The Bertz CT molecular complexity index is 1310. The molecular formula is C25H21FN4O4. The maximum Gasteiger partial charge on any atom is 0.315 e. The third-order valence-corrected chi connectivity index (χ3v) is 6.35. The fraction of sp³-hybridized carbons (Fsp3) is 0.240. The average molecular weight is 460 g/mol. The third kappa shape index (κ3) is 3.68. The summed E-state index contributed by atoms with van der Waals surface area (Å²) >= 11 is 0. The van der Waals surface area contributed by atoms with Crippen LogP contribution < -0.4 is 25.4 Å². The number of carbonyl (C=O) groups is 2. The Balaban J connectivity index is 1.11. The van der Waals surface area contributed by atoms with Gasteiger partial charge in [0.15, 0.2) is 0 Å². The highest BCUT2D eigenvalue weighted by molar-refractivity contribution is 5.93. The number of nitrogens with zero attached hydrogens (tertiary/aromatic N) is 1. The molecule has 0 saturated heterocycles. The van der Waals surface area contributed by atoms with Gasteiger partial charge in [-0.15, -0.1) is 0 Å². The second kappa shape index (κ2) is 8.02. The van der Waals surface area contributed by atoms with E-state index in [-0.39, 0.29) is 42.4 Å². The summed E-state index contributed by atoms with van der Waals surface area (Å²) in [4.78, 5) is 28.2. The zero-order valence-electron chi connectivity index (χ0n) is 18.0. The Morgan fingerprint density at radius 2 is 2.09 bits per heavy atom. The van der Waals surface area contributed by atoms with E-state index < -0.39 is 0 Å². The molecule has 1 saturated carbocycles. The number of aromatic nitrogens is 1. The van der Waals surface area contributed by atoms with Crippen LogP contribution in [0.4, 0.5) is 15.0 Å². The van der Waals surface area contributed by atoms with Gasteiger partial charge in [0.05, 0.1) is 12.0 Å². The number of pyridine rings is 1. The molecule has 0 bridgehead atoms. The Morgan fingerprint density at radius 1 is 1.21 bits per heavy atom. The van der Waals surface area contributed by atoms with Crippen LogP contribution in [-0.4, -0.2) is 29.1 Å². The minimum absolute atomic E-state index is 0.0309. The summed E-state index contributed by atoms with van der Waals surface area (Å²) in [5.74, 6) is 2.23. The molecule has 3 N–H and O–H groups in total. The molecule has 2 aromatic carbocycles. The quantitative estimate of drug-likeness (QED) is 0.540. The van der Waals surface area contributed by atoms with Gasteiger partial charge in [0.1, 0.15) is 35.0 Å². The lowest BCUT2D eigenvalue weighted by Crippen LogP contribution is -2.38. The van der Waals surface area contributed by atoms with Crippen molar-refractivity contribution in [3.63, 3.8) is 0 Å². The van der Waals surface area contributed by atoms with E-state index in [1.807, 2.05) is 18.2 Å². The van der Waals surface area contributed by atoms with E-state index in [1.54, 1.807) is 30.5 Å². The zero-order valence-corrected chi connectivity index (χ0v) is 18.0. The van der Waals surface area contributed by atoms with Gasteiger partial charge in [-0.2, -0.15) is 0 Å². The molecule has 3 amide bonds. The van der Waals surface area contributed by atoms with Crippen molar-refractivity contribution >= 4 is 17.8 Å². The van der Waals surface area contributed by atoms with Crippen LogP contribution in [0.15, 0.2) is 54.7 Å². The van der Waals surface area contributed by atoms with Gasteiger partial charge < -0.3 is 25.4 Å². The zero-order chi connectivity index (χ0) is 23.2. The van der Waals surface area contributed by atoms with Crippen molar-refractivity contribution in [1.29, 1.82) is 0 Å². The molecule has 6 rings (SSSR count). The Hall–Kier alpha value is -4.14. The summed E-state index contributed by atoms with van der Waals surface area (Å²) in [6, 6.07) is 13.2. The first kappa shape index (κ1) is 20.5. The van der Waals surface area contributed by atoms with Gasteiger partial charge in [-0.05, 0) is 36.8 Å². The van der Waals surface area contributed by atoms with E-state index in [9.17, 15) is 14.0 Å². The largest absolute Gasteiger partial charge is 0.487 e. The highest BCUT2D eigenvalue weighted by atomic mass is 19.1. The number of rotatable bonds is 5. The van der Waals surface area contributed by atoms with Gasteiger partial charge in [-0.25, -0.2) is 14.2 Å². The normalized spacial score (nSPS) is 21.3. The van der Waals surface area contributed by atoms with Gasteiger partial charge >= 0.3 is 6.03 Å². The summed E-state index contributed by atoms with van der Waals surface area (Å²) in [6.07, 6.45) is 2.43. The van der Waals surface area contributed by atoms with Crippen molar-refractivity contribution in [2.75, 3.05) is 5.32 Å². The van der Waals surface area contributed by atoms with Crippen LogP contribution in [-0.2, 0) is 17.8 Å². The minimum Gasteiger partial charge on any atom is -0.487 e. The minimum atomic E-state index is -0.370.